The van der Waals surface area contributed by atoms with E-state index >= 15 is 0 Å². The van der Waals surface area contributed by atoms with E-state index < -0.39 is 0 Å². The first-order chi connectivity index (χ1) is 8.81. The lowest BCUT2D eigenvalue weighted by Gasteiger charge is -2.31. The van der Waals surface area contributed by atoms with Gasteiger partial charge in [0.05, 0.1) is 6.04 Å². The van der Waals surface area contributed by atoms with Crippen molar-refractivity contribution < 1.29 is 0 Å². The molecule has 1 aliphatic rings. The van der Waals surface area contributed by atoms with Crippen molar-refractivity contribution >= 4 is 0 Å². The van der Waals surface area contributed by atoms with E-state index in [4.69, 9.17) is 5.53 Å². The first-order valence-corrected chi connectivity index (χ1v) is 6.66. The van der Waals surface area contributed by atoms with Crippen molar-refractivity contribution in [2.24, 2.45) is 5.11 Å². The molecule has 0 saturated heterocycles. The Morgan fingerprint density at radius 3 is 2.72 bits per heavy atom. The summed E-state index contributed by atoms with van der Waals surface area (Å²) in [5, 5.41) is 7.53. The highest BCUT2D eigenvalue weighted by Gasteiger charge is 2.25. The Morgan fingerprint density at radius 2 is 2.00 bits per heavy atom. The van der Waals surface area contributed by atoms with Crippen LogP contribution in [0.25, 0.3) is 10.4 Å². The summed E-state index contributed by atoms with van der Waals surface area (Å²) in [6.45, 7) is 2.16. The van der Waals surface area contributed by atoms with Crippen molar-refractivity contribution in [3.8, 4) is 0 Å². The maximum absolute atomic E-state index is 8.62. The topological polar surface area (TPSA) is 60.8 Å². The van der Waals surface area contributed by atoms with Gasteiger partial charge in [-0.15, -0.1) is 0 Å². The highest BCUT2D eigenvalue weighted by molar-refractivity contribution is 5.18. The van der Waals surface area contributed by atoms with Gasteiger partial charge in [-0.25, -0.2) is 0 Å². The van der Waals surface area contributed by atoms with Crippen molar-refractivity contribution in [2.45, 2.75) is 50.7 Å². The quantitative estimate of drug-likeness (QED) is 0.486. The van der Waals surface area contributed by atoms with Gasteiger partial charge in [0.15, 0.2) is 0 Å². The van der Waals surface area contributed by atoms with Crippen LogP contribution in [0, 0.1) is 0 Å². The van der Waals surface area contributed by atoms with Crippen molar-refractivity contribution in [1.82, 2.24) is 5.32 Å². The van der Waals surface area contributed by atoms with E-state index in [0.717, 1.165) is 12.8 Å². The van der Waals surface area contributed by atoms with E-state index in [1.165, 1.54) is 18.4 Å². The Balaban J connectivity index is 2.00. The van der Waals surface area contributed by atoms with E-state index in [-0.39, 0.29) is 6.04 Å². The molecule has 18 heavy (non-hydrogen) atoms. The summed E-state index contributed by atoms with van der Waals surface area (Å²) in [5.74, 6) is 0. The fraction of sp³-hybridized carbons (Fsp3) is 0.571. The largest absolute Gasteiger partial charge is 0.307 e. The zero-order valence-corrected chi connectivity index (χ0v) is 10.8. The van der Waals surface area contributed by atoms with Crippen molar-refractivity contribution in [1.29, 1.82) is 0 Å². The van der Waals surface area contributed by atoms with Gasteiger partial charge >= 0.3 is 0 Å². The van der Waals surface area contributed by atoms with E-state index in [2.05, 4.69) is 46.5 Å². The van der Waals surface area contributed by atoms with Crippen LogP contribution in [0.5, 0.6) is 0 Å². The first kappa shape index (κ1) is 12.9. The van der Waals surface area contributed by atoms with Crippen LogP contribution in [0.15, 0.2) is 35.4 Å². The Morgan fingerprint density at radius 1 is 1.28 bits per heavy atom. The monoisotopic (exact) mass is 244 g/mol. The highest BCUT2D eigenvalue weighted by Crippen LogP contribution is 2.24. The molecule has 96 valence electrons. The molecule has 0 bridgehead atoms. The fourth-order valence-electron chi connectivity index (χ4n) is 2.67. The molecule has 1 fully saturated rings. The fourth-order valence-corrected chi connectivity index (χ4v) is 2.67. The van der Waals surface area contributed by atoms with Crippen molar-refractivity contribution in [3.05, 3.63) is 46.3 Å². The van der Waals surface area contributed by atoms with E-state index in [0.29, 0.717) is 12.1 Å². The van der Waals surface area contributed by atoms with E-state index in [9.17, 15) is 0 Å². The van der Waals surface area contributed by atoms with Crippen molar-refractivity contribution in [3.63, 3.8) is 0 Å². The molecule has 1 saturated carbocycles. The van der Waals surface area contributed by atoms with E-state index in [1.807, 2.05) is 6.07 Å². The standard InChI is InChI=1S/C14H20N4/c1-11(12-7-3-2-4-8-12)16-13-9-5-6-10-14(13)17-18-15/h2-4,7-8,11,13-14,16H,5-6,9-10H2,1H3/t11-,13+,14+/m1/s1. The maximum Gasteiger partial charge on any atom is 0.0527 e. The Hall–Kier alpha value is -1.51. The average Bonchev–Trinajstić information content (AvgIpc) is 2.42. The number of nitrogens with one attached hydrogen (secondary N) is 1. The van der Waals surface area contributed by atoms with Gasteiger partial charge in [-0.1, -0.05) is 48.3 Å². The summed E-state index contributed by atoms with van der Waals surface area (Å²) >= 11 is 0. The first-order valence-electron chi connectivity index (χ1n) is 6.66. The van der Waals surface area contributed by atoms with Gasteiger partial charge in [-0.2, -0.15) is 0 Å². The molecular formula is C14H20N4. The molecule has 0 unspecified atom stereocenters. The SMILES string of the molecule is C[C@@H](N[C@H]1CCCC[C@@H]1N=[N+]=[N-])c1ccccc1. The number of rotatable bonds is 4. The third-order valence-electron chi connectivity index (χ3n) is 3.69. The summed E-state index contributed by atoms with van der Waals surface area (Å²) in [6, 6.07) is 11.1. The van der Waals surface area contributed by atoms with Crippen LogP contribution in [-0.2, 0) is 0 Å². The summed E-state index contributed by atoms with van der Waals surface area (Å²) in [7, 11) is 0. The molecule has 1 aromatic rings. The Bertz CT molecular complexity index is 411. The molecule has 1 aromatic carbocycles. The molecular weight excluding hydrogens is 224 g/mol. The summed E-state index contributed by atoms with van der Waals surface area (Å²) in [6.07, 6.45) is 4.49. The van der Waals surface area contributed by atoms with Gasteiger partial charge < -0.3 is 5.32 Å². The van der Waals surface area contributed by atoms with Crippen LogP contribution in [0.1, 0.15) is 44.2 Å². The molecule has 0 amide bonds. The molecule has 1 N–H and O–H groups in total. The average molecular weight is 244 g/mol. The van der Waals surface area contributed by atoms with Crippen LogP contribution < -0.4 is 5.32 Å². The molecule has 4 heteroatoms. The molecule has 0 aromatic heterocycles. The summed E-state index contributed by atoms with van der Waals surface area (Å²) in [5.41, 5.74) is 9.90. The lowest BCUT2D eigenvalue weighted by molar-refractivity contribution is 0.306. The third kappa shape index (κ3) is 3.25. The third-order valence-corrected chi connectivity index (χ3v) is 3.69. The van der Waals surface area contributed by atoms with Crippen LogP contribution in [0.4, 0.5) is 0 Å². The minimum absolute atomic E-state index is 0.106. The zero-order chi connectivity index (χ0) is 12.8. The molecule has 0 radical (unpaired) electrons. The van der Waals surface area contributed by atoms with Gasteiger partial charge in [0.2, 0.25) is 0 Å². The number of nitrogens with zero attached hydrogens (tertiary/aromatic N) is 3. The van der Waals surface area contributed by atoms with Crippen LogP contribution >= 0.6 is 0 Å². The molecule has 4 nitrogen and oxygen atoms in total. The number of hydrogen-bond donors (Lipinski definition) is 1. The van der Waals surface area contributed by atoms with Crippen LogP contribution in [-0.4, -0.2) is 12.1 Å². The summed E-state index contributed by atoms with van der Waals surface area (Å²) < 4.78 is 0. The van der Waals surface area contributed by atoms with Gasteiger partial charge in [-0.3, -0.25) is 0 Å². The van der Waals surface area contributed by atoms with Crippen LogP contribution in [0.3, 0.4) is 0 Å². The molecule has 0 spiro atoms. The van der Waals surface area contributed by atoms with Gasteiger partial charge in [0.1, 0.15) is 0 Å². The Kier molecular flexibility index (Phi) is 4.62. The lowest BCUT2D eigenvalue weighted by atomic mass is 9.90. The molecule has 0 heterocycles. The van der Waals surface area contributed by atoms with Crippen molar-refractivity contribution in [2.75, 3.05) is 0 Å². The number of hydrogen-bond acceptors (Lipinski definition) is 2. The highest BCUT2D eigenvalue weighted by atomic mass is 15.2. The predicted molar refractivity (Wildman–Crippen MR) is 73.2 cm³/mol. The molecule has 3 atom stereocenters. The minimum atomic E-state index is 0.106. The normalized spacial score (nSPS) is 25.2. The maximum atomic E-state index is 8.62. The number of azide groups is 1. The number of benzene rings is 1. The lowest BCUT2D eigenvalue weighted by Crippen LogP contribution is -2.42. The van der Waals surface area contributed by atoms with Gasteiger partial charge in [0.25, 0.3) is 0 Å². The summed E-state index contributed by atoms with van der Waals surface area (Å²) in [4.78, 5) is 2.97. The van der Waals surface area contributed by atoms with Gasteiger partial charge in [-0.05, 0) is 30.9 Å². The Labute approximate surface area is 108 Å². The predicted octanol–water partition coefficient (Wildman–Crippen LogP) is 3.96. The molecule has 0 aliphatic heterocycles. The van der Waals surface area contributed by atoms with E-state index in [1.54, 1.807) is 0 Å². The van der Waals surface area contributed by atoms with Crippen LogP contribution in [0.2, 0.25) is 0 Å². The second kappa shape index (κ2) is 6.43. The second-order valence-corrected chi connectivity index (χ2v) is 4.96. The smallest absolute Gasteiger partial charge is 0.0527 e. The zero-order valence-electron chi connectivity index (χ0n) is 10.8. The molecule has 2 rings (SSSR count). The minimum Gasteiger partial charge on any atom is -0.307 e. The van der Waals surface area contributed by atoms with Gasteiger partial charge in [0, 0.05) is 17.0 Å². The molecule has 1 aliphatic carbocycles. The second-order valence-electron chi connectivity index (χ2n) is 4.96.